The van der Waals surface area contributed by atoms with E-state index >= 15 is 0 Å². The average Bonchev–Trinajstić information content (AvgIpc) is 3.00. The lowest BCUT2D eigenvalue weighted by molar-refractivity contribution is 0.166. The monoisotopic (exact) mass is 264 g/mol. The van der Waals surface area contributed by atoms with Crippen LogP contribution in [0.3, 0.4) is 0 Å². The lowest BCUT2D eigenvalue weighted by Crippen LogP contribution is -2.40. The second kappa shape index (κ2) is 5.57. The molecule has 1 aromatic rings. The largest absolute Gasteiger partial charge is 0.387 e. The van der Waals surface area contributed by atoms with Gasteiger partial charge in [0, 0.05) is 25.2 Å². The Bertz CT molecular complexity index is 423. The normalized spacial score (nSPS) is 28.5. The first-order valence-corrected chi connectivity index (χ1v) is 7.15. The fourth-order valence-electron chi connectivity index (χ4n) is 3.39. The van der Waals surface area contributed by atoms with Crippen molar-refractivity contribution in [3.8, 4) is 0 Å². The highest BCUT2D eigenvalue weighted by Crippen LogP contribution is 2.28. The summed E-state index contributed by atoms with van der Waals surface area (Å²) in [6.07, 6.45) is 3.17. The van der Waals surface area contributed by atoms with Crippen LogP contribution in [0.5, 0.6) is 0 Å². The van der Waals surface area contributed by atoms with E-state index in [1.54, 1.807) is 12.1 Å². The van der Waals surface area contributed by atoms with Crippen LogP contribution in [0.25, 0.3) is 0 Å². The molecule has 3 nitrogen and oxygen atoms in total. The summed E-state index contributed by atoms with van der Waals surface area (Å²) in [7, 11) is 0. The summed E-state index contributed by atoms with van der Waals surface area (Å²) in [4.78, 5) is 2.54. The molecule has 0 aliphatic carbocycles. The van der Waals surface area contributed by atoms with Crippen molar-refractivity contribution in [2.45, 2.75) is 37.5 Å². The highest BCUT2D eigenvalue weighted by atomic mass is 19.1. The quantitative estimate of drug-likeness (QED) is 0.868. The number of nitrogens with one attached hydrogen (secondary N) is 1. The predicted molar refractivity (Wildman–Crippen MR) is 72.4 cm³/mol. The van der Waals surface area contributed by atoms with Crippen LogP contribution in [0.4, 0.5) is 4.39 Å². The van der Waals surface area contributed by atoms with Gasteiger partial charge in [-0.1, -0.05) is 12.1 Å². The molecule has 0 amide bonds. The van der Waals surface area contributed by atoms with E-state index in [0.29, 0.717) is 18.6 Å². The van der Waals surface area contributed by atoms with Crippen LogP contribution in [0.15, 0.2) is 24.3 Å². The molecule has 2 aliphatic rings. The molecule has 4 heteroatoms. The summed E-state index contributed by atoms with van der Waals surface area (Å²) in [5.41, 5.74) is 0.773. The Morgan fingerprint density at radius 3 is 2.84 bits per heavy atom. The molecule has 104 valence electrons. The number of benzene rings is 1. The minimum atomic E-state index is -0.559. The zero-order valence-electron chi connectivity index (χ0n) is 11.1. The third kappa shape index (κ3) is 2.81. The minimum Gasteiger partial charge on any atom is -0.387 e. The zero-order chi connectivity index (χ0) is 13.2. The van der Waals surface area contributed by atoms with Gasteiger partial charge in [0.1, 0.15) is 5.82 Å². The maximum atomic E-state index is 12.8. The van der Waals surface area contributed by atoms with Crippen molar-refractivity contribution in [2.24, 2.45) is 0 Å². The third-order valence-electron chi connectivity index (χ3n) is 4.43. The van der Waals surface area contributed by atoms with Gasteiger partial charge in [-0.2, -0.15) is 0 Å². The van der Waals surface area contributed by atoms with Crippen LogP contribution in [0, 0.1) is 5.82 Å². The van der Waals surface area contributed by atoms with E-state index in [0.717, 1.165) is 5.56 Å². The molecule has 19 heavy (non-hydrogen) atoms. The first kappa shape index (κ1) is 13.0. The Kier molecular flexibility index (Phi) is 3.82. The molecule has 3 unspecified atom stereocenters. The number of hydrogen-bond donors (Lipinski definition) is 2. The van der Waals surface area contributed by atoms with Crippen molar-refractivity contribution in [1.82, 2.24) is 10.2 Å². The number of rotatable bonds is 4. The van der Waals surface area contributed by atoms with Crippen molar-refractivity contribution in [3.05, 3.63) is 35.6 Å². The maximum absolute atomic E-state index is 12.8. The van der Waals surface area contributed by atoms with E-state index in [-0.39, 0.29) is 5.82 Å². The lowest BCUT2D eigenvalue weighted by Gasteiger charge is -2.23. The van der Waals surface area contributed by atoms with Crippen molar-refractivity contribution >= 4 is 0 Å². The topological polar surface area (TPSA) is 35.5 Å². The smallest absolute Gasteiger partial charge is 0.123 e. The van der Waals surface area contributed by atoms with Gasteiger partial charge in [0.2, 0.25) is 0 Å². The molecule has 2 N–H and O–H groups in total. The Hall–Kier alpha value is -0.970. The number of aliphatic hydroxyl groups excluding tert-OH is 1. The second-order valence-electron chi connectivity index (χ2n) is 5.62. The number of hydrogen-bond acceptors (Lipinski definition) is 3. The van der Waals surface area contributed by atoms with Gasteiger partial charge in [0.05, 0.1) is 6.10 Å². The summed E-state index contributed by atoms with van der Waals surface area (Å²) in [5.74, 6) is -0.263. The van der Waals surface area contributed by atoms with Crippen molar-refractivity contribution in [2.75, 3.05) is 19.6 Å². The minimum absolute atomic E-state index is 0.263. The zero-order valence-corrected chi connectivity index (χ0v) is 11.1. The Morgan fingerprint density at radius 1 is 1.26 bits per heavy atom. The standard InChI is InChI=1S/C15H21FN2O/c16-12-5-3-11(4-6-12)15(19)10-17-13-7-9-18-8-1-2-14(13)18/h3-6,13-15,17,19H,1-2,7-10H2. The van der Waals surface area contributed by atoms with Crippen LogP contribution in [-0.2, 0) is 0 Å². The maximum Gasteiger partial charge on any atom is 0.123 e. The molecule has 2 fully saturated rings. The number of nitrogens with zero attached hydrogens (tertiary/aromatic N) is 1. The molecule has 0 bridgehead atoms. The molecule has 0 radical (unpaired) electrons. The summed E-state index contributed by atoms with van der Waals surface area (Å²) >= 11 is 0. The van der Waals surface area contributed by atoms with E-state index in [4.69, 9.17) is 0 Å². The lowest BCUT2D eigenvalue weighted by atomic mass is 10.1. The predicted octanol–water partition coefficient (Wildman–Crippen LogP) is 1.69. The fourth-order valence-corrected chi connectivity index (χ4v) is 3.39. The van der Waals surface area contributed by atoms with E-state index in [1.165, 1.54) is 44.5 Å². The van der Waals surface area contributed by atoms with Gasteiger partial charge >= 0.3 is 0 Å². The summed E-state index contributed by atoms with van der Waals surface area (Å²) < 4.78 is 12.8. The van der Waals surface area contributed by atoms with Crippen molar-refractivity contribution < 1.29 is 9.50 Å². The SMILES string of the molecule is OC(CNC1CCN2CCCC12)c1ccc(F)cc1. The van der Waals surface area contributed by atoms with Gasteiger partial charge in [0.15, 0.2) is 0 Å². The van der Waals surface area contributed by atoms with Crippen molar-refractivity contribution in [3.63, 3.8) is 0 Å². The van der Waals surface area contributed by atoms with Gasteiger partial charge in [-0.15, -0.1) is 0 Å². The molecule has 2 aliphatic heterocycles. The number of halogens is 1. The number of fused-ring (bicyclic) bond motifs is 1. The molecular formula is C15H21FN2O. The highest BCUT2D eigenvalue weighted by Gasteiger charge is 2.36. The average molecular weight is 264 g/mol. The Labute approximate surface area is 113 Å². The Morgan fingerprint density at radius 2 is 2.05 bits per heavy atom. The molecule has 3 rings (SSSR count). The molecule has 2 saturated heterocycles. The summed E-state index contributed by atoms with van der Waals surface area (Å²) in [6, 6.07) is 7.24. The van der Waals surface area contributed by atoms with Crippen LogP contribution >= 0.6 is 0 Å². The molecule has 0 aromatic heterocycles. The summed E-state index contributed by atoms with van der Waals surface area (Å²) in [6.45, 7) is 2.94. The molecule has 0 saturated carbocycles. The molecule has 0 spiro atoms. The van der Waals surface area contributed by atoms with Crippen molar-refractivity contribution in [1.29, 1.82) is 0 Å². The fraction of sp³-hybridized carbons (Fsp3) is 0.600. The van der Waals surface area contributed by atoms with Crippen LogP contribution in [0.1, 0.15) is 30.9 Å². The van der Waals surface area contributed by atoms with Gasteiger partial charge in [-0.25, -0.2) is 4.39 Å². The van der Waals surface area contributed by atoms with Gasteiger partial charge in [-0.3, -0.25) is 4.90 Å². The highest BCUT2D eigenvalue weighted by molar-refractivity contribution is 5.18. The van der Waals surface area contributed by atoms with Crippen LogP contribution in [-0.4, -0.2) is 41.7 Å². The molecular weight excluding hydrogens is 243 g/mol. The molecule has 1 aromatic carbocycles. The van der Waals surface area contributed by atoms with E-state index in [9.17, 15) is 9.50 Å². The van der Waals surface area contributed by atoms with Crippen LogP contribution < -0.4 is 5.32 Å². The summed E-state index contributed by atoms with van der Waals surface area (Å²) in [5, 5.41) is 13.6. The van der Waals surface area contributed by atoms with Gasteiger partial charge < -0.3 is 10.4 Å². The van der Waals surface area contributed by atoms with Gasteiger partial charge in [0.25, 0.3) is 0 Å². The number of aliphatic hydroxyl groups is 1. The Balaban J connectivity index is 1.53. The van der Waals surface area contributed by atoms with Gasteiger partial charge in [-0.05, 0) is 43.5 Å². The third-order valence-corrected chi connectivity index (χ3v) is 4.43. The van der Waals surface area contributed by atoms with E-state index in [2.05, 4.69) is 10.2 Å². The molecule has 3 atom stereocenters. The second-order valence-corrected chi connectivity index (χ2v) is 5.62. The first-order valence-electron chi connectivity index (χ1n) is 7.15. The van der Waals surface area contributed by atoms with E-state index < -0.39 is 6.10 Å². The van der Waals surface area contributed by atoms with Crippen LogP contribution in [0.2, 0.25) is 0 Å². The first-order chi connectivity index (χ1) is 9.24. The molecule has 2 heterocycles. The van der Waals surface area contributed by atoms with E-state index in [1.807, 2.05) is 0 Å².